The molecule has 3 aliphatic carbocycles. The number of amides is 1. The molecule has 148 valence electrons. The van der Waals surface area contributed by atoms with Crippen molar-refractivity contribution >= 4 is 17.5 Å². The Balaban J connectivity index is 1.20. The van der Waals surface area contributed by atoms with Gasteiger partial charge >= 0.3 is 0 Å². The summed E-state index contributed by atoms with van der Waals surface area (Å²) < 4.78 is 7.49. The number of nitrogens with zero attached hydrogens (tertiary/aromatic N) is 3. The second-order valence-electron chi connectivity index (χ2n) is 8.47. The number of carbonyl (C=O) groups excluding carboxylic acids is 1. The van der Waals surface area contributed by atoms with E-state index in [-0.39, 0.29) is 11.9 Å². The van der Waals surface area contributed by atoms with E-state index >= 15 is 0 Å². The first-order valence-electron chi connectivity index (χ1n) is 10.1. The molecule has 1 amide bonds. The van der Waals surface area contributed by atoms with E-state index in [0.29, 0.717) is 46.9 Å². The van der Waals surface area contributed by atoms with Crippen molar-refractivity contribution < 1.29 is 9.53 Å². The van der Waals surface area contributed by atoms with Crippen LogP contribution in [0.15, 0.2) is 30.5 Å². The second kappa shape index (κ2) is 7.16. The standard InChI is InChI=1S/C21H25ClN4O2/c1-28-11-19(23-21(27)13-4-6-14(22)7-5-13)20-16-8-15(9-17(16)20)26-10-18(24-25-26)12-2-3-12/h4-7,10,12,15-17,19-20H,2-3,8-9,11H2,1H3,(H,23,27)/t15?,16-,17+,19?,20?. The Morgan fingerprint density at radius 3 is 2.64 bits per heavy atom. The summed E-state index contributed by atoms with van der Waals surface area (Å²) in [6.07, 6.45) is 6.88. The minimum absolute atomic E-state index is 0.0434. The zero-order valence-corrected chi connectivity index (χ0v) is 16.7. The SMILES string of the molecule is COCC(NC(=O)c1ccc(Cl)cc1)C1[C@H]2CC(n3cc(C4CC4)nn3)C[C@@H]12. The number of methoxy groups -OCH3 is 1. The van der Waals surface area contributed by atoms with E-state index in [1.807, 2.05) is 0 Å². The molecule has 0 bridgehead atoms. The summed E-state index contributed by atoms with van der Waals surface area (Å²) in [6.45, 7) is 0.539. The van der Waals surface area contributed by atoms with Crippen molar-refractivity contribution in [2.45, 2.75) is 43.7 Å². The molecule has 5 rings (SSSR count). The van der Waals surface area contributed by atoms with Crippen molar-refractivity contribution in [1.82, 2.24) is 20.3 Å². The number of rotatable bonds is 7. The van der Waals surface area contributed by atoms with Crippen LogP contribution in [-0.4, -0.2) is 40.7 Å². The molecule has 3 unspecified atom stereocenters. The van der Waals surface area contributed by atoms with Crippen LogP contribution in [0.5, 0.6) is 0 Å². The van der Waals surface area contributed by atoms with E-state index < -0.39 is 0 Å². The van der Waals surface area contributed by atoms with E-state index in [1.165, 1.54) is 12.8 Å². The molecule has 1 aromatic heterocycles. The van der Waals surface area contributed by atoms with Gasteiger partial charge in [0.15, 0.2) is 0 Å². The molecule has 1 N–H and O–H groups in total. The first-order valence-corrected chi connectivity index (χ1v) is 10.5. The lowest BCUT2D eigenvalue weighted by atomic mass is 10.0. The van der Waals surface area contributed by atoms with Crippen LogP contribution in [0.4, 0.5) is 0 Å². The monoisotopic (exact) mass is 400 g/mol. The number of hydrogen-bond donors (Lipinski definition) is 1. The highest BCUT2D eigenvalue weighted by Gasteiger charge is 2.59. The van der Waals surface area contributed by atoms with Crippen molar-refractivity contribution in [2.24, 2.45) is 17.8 Å². The fourth-order valence-corrected chi connectivity index (χ4v) is 5.12. The van der Waals surface area contributed by atoms with Crippen LogP contribution < -0.4 is 5.32 Å². The summed E-state index contributed by atoms with van der Waals surface area (Å²) in [5.41, 5.74) is 1.79. The average Bonchev–Trinajstić information content (AvgIpc) is 3.55. The molecule has 0 aliphatic heterocycles. The largest absolute Gasteiger partial charge is 0.383 e. The van der Waals surface area contributed by atoms with Gasteiger partial charge in [0.1, 0.15) is 0 Å². The van der Waals surface area contributed by atoms with Crippen molar-refractivity contribution in [3.63, 3.8) is 0 Å². The number of hydrogen-bond acceptors (Lipinski definition) is 4. The minimum Gasteiger partial charge on any atom is -0.383 e. The van der Waals surface area contributed by atoms with Crippen LogP contribution >= 0.6 is 11.6 Å². The van der Waals surface area contributed by atoms with E-state index in [0.717, 1.165) is 18.5 Å². The van der Waals surface area contributed by atoms with Crippen molar-refractivity contribution in [3.05, 3.63) is 46.7 Å². The molecule has 3 fully saturated rings. The molecule has 0 saturated heterocycles. The van der Waals surface area contributed by atoms with Crippen LogP contribution in [0.25, 0.3) is 0 Å². The summed E-state index contributed by atoms with van der Waals surface area (Å²) in [5.74, 6) is 2.32. The molecule has 0 spiro atoms. The number of carbonyl (C=O) groups is 1. The molecule has 6 nitrogen and oxygen atoms in total. The molecule has 7 heteroatoms. The van der Waals surface area contributed by atoms with Crippen molar-refractivity contribution in [3.8, 4) is 0 Å². The van der Waals surface area contributed by atoms with Gasteiger partial charge in [-0.3, -0.25) is 4.79 Å². The lowest BCUT2D eigenvalue weighted by molar-refractivity contribution is 0.0872. The summed E-state index contributed by atoms with van der Waals surface area (Å²) in [4.78, 5) is 12.6. The van der Waals surface area contributed by atoms with Crippen molar-refractivity contribution in [1.29, 1.82) is 0 Å². The van der Waals surface area contributed by atoms with E-state index in [1.54, 1.807) is 31.4 Å². The number of ether oxygens (including phenoxy) is 1. The Morgan fingerprint density at radius 1 is 1.29 bits per heavy atom. The summed E-state index contributed by atoms with van der Waals surface area (Å²) in [5, 5.41) is 12.5. The van der Waals surface area contributed by atoms with Gasteiger partial charge in [-0.1, -0.05) is 16.8 Å². The smallest absolute Gasteiger partial charge is 0.251 e. The zero-order chi connectivity index (χ0) is 19.3. The molecule has 1 aromatic carbocycles. The molecule has 3 saturated carbocycles. The van der Waals surface area contributed by atoms with E-state index in [9.17, 15) is 4.79 Å². The molecular weight excluding hydrogens is 376 g/mol. The highest BCUT2D eigenvalue weighted by molar-refractivity contribution is 6.30. The van der Waals surface area contributed by atoms with Gasteiger partial charge in [-0.25, -0.2) is 4.68 Å². The fourth-order valence-electron chi connectivity index (χ4n) is 4.99. The number of fused-ring (bicyclic) bond motifs is 1. The highest BCUT2D eigenvalue weighted by Crippen LogP contribution is 2.62. The first-order chi connectivity index (χ1) is 13.6. The fraction of sp³-hybridized carbons (Fsp3) is 0.571. The Labute approximate surface area is 169 Å². The van der Waals surface area contributed by atoms with E-state index in [4.69, 9.17) is 16.3 Å². The third kappa shape index (κ3) is 3.44. The van der Waals surface area contributed by atoms with Gasteiger partial charge in [-0.15, -0.1) is 5.10 Å². The third-order valence-corrected chi connectivity index (χ3v) is 6.87. The molecule has 0 radical (unpaired) electrons. The van der Waals surface area contributed by atoms with Gasteiger partial charge in [0.2, 0.25) is 0 Å². The van der Waals surface area contributed by atoms with Gasteiger partial charge in [-0.05, 0) is 67.7 Å². The van der Waals surface area contributed by atoms with Crippen LogP contribution in [0.2, 0.25) is 5.02 Å². The molecule has 2 aromatic rings. The first kappa shape index (κ1) is 18.1. The molecular formula is C21H25ClN4O2. The second-order valence-corrected chi connectivity index (χ2v) is 8.91. The summed E-state index contributed by atoms with van der Waals surface area (Å²) in [7, 11) is 1.69. The maximum absolute atomic E-state index is 12.6. The lowest BCUT2D eigenvalue weighted by Gasteiger charge is -2.22. The lowest BCUT2D eigenvalue weighted by Crippen LogP contribution is -2.41. The molecule has 1 heterocycles. The van der Waals surface area contributed by atoms with E-state index in [2.05, 4.69) is 26.5 Å². The molecule has 3 aliphatic rings. The van der Waals surface area contributed by atoms with Gasteiger partial charge < -0.3 is 10.1 Å². The zero-order valence-electron chi connectivity index (χ0n) is 15.9. The maximum Gasteiger partial charge on any atom is 0.251 e. The Morgan fingerprint density at radius 2 is 2.00 bits per heavy atom. The predicted molar refractivity (Wildman–Crippen MR) is 105 cm³/mol. The van der Waals surface area contributed by atoms with Crippen LogP contribution in [0, 0.1) is 17.8 Å². The summed E-state index contributed by atoms with van der Waals surface area (Å²) >= 11 is 5.92. The maximum atomic E-state index is 12.6. The number of aromatic nitrogens is 3. The van der Waals surface area contributed by atoms with Gasteiger partial charge in [-0.2, -0.15) is 0 Å². The highest BCUT2D eigenvalue weighted by atomic mass is 35.5. The normalized spacial score (nSPS) is 29.4. The average molecular weight is 401 g/mol. The topological polar surface area (TPSA) is 69.0 Å². The minimum atomic E-state index is -0.0643. The Hall–Kier alpha value is -1.92. The van der Waals surface area contributed by atoms with Crippen LogP contribution in [0.1, 0.15) is 53.7 Å². The number of halogens is 1. The predicted octanol–water partition coefficient (Wildman–Crippen LogP) is 3.45. The van der Waals surface area contributed by atoms with Crippen LogP contribution in [-0.2, 0) is 4.74 Å². The van der Waals surface area contributed by atoms with Gasteiger partial charge in [0.05, 0.1) is 24.4 Å². The number of nitrogens with one attached hydrogen (secondary N) is 1. The Bertz CT molecular complexity index is 852. The van der Waals surface area contributed by atoms with Crippen LogP contribution in [0.3, 0.4) is 0 Å². The van der Waals surface area contributed by atoms with Gasteiger partial charge in [0.25, 0.3) is 5.91 Å². The quantitative estimate of drug-likeness (QED) is 0.772. The third-order valence-electron chi connectivity index (χ3n) is 6.62. The Kier molecular flexibility index (Phi) is 4.63. The van der Waals surface area contributed by atoms with Gasteiger partial charge in [0, 0.05) is 29.8 Å². The number of benzene rings is 1. The molecule has 5 atom stereocenters. The summed E-state index contributed by atoms with van der Waals surface area (Å²) in [6, 6.07) is 7.49. The van der Waals surface area contributed by atoms with Crippen molar-refractivity contribution in [2.75, 3.05) is 13.7 Å². The molecule has 28 heavy (non-hydrogen) atoms.